The van der Waals surface area contributed by atoms with E-state index in [1.54, 1.807) is 18.1 Å². The highest BCUT2D eigenvalue weighted by Crippen LogP contribution is 2.44. The van der Waals surface area contributed by atoms with E-state index in [1.807, 2.05) is 24.3 Å². The molecule has 0 aliphatic carbocycles. The molecule has 0 aliphatic heterocycles. The Morgan fingerprint density at radius 3 is 2.47 bits per heavy atom. The third kappa shape index (κ3) is 2.98. The van der Waals surface area contributed by atoms with Crippen LogP contribution in [0.4, 0.5) is 0 Å². The summed E-state index contributed by atoms with van der Waals surface area (Å²) in [4.78, 5) is 0. The minimum absolute atomic E-state index is 0.826. The molecule has 1 rings (SSSR count). The number of hydrogen-bond acceptors (Lipinski definition) is 4. The SMILES string of the molecule is C=CN(N=C)P(S)c1ccc(OC)cc1. The van der Waals surface area contributed by atoms with Gasteiger partial charge in [-0.25, -0.2) is 4.78 Å². The van der Waals surface area contributed by atoms with Gasteiger partial charge in [0.2, 0.25) is 0 Å². The molecule has 3 nitrogen and oxygen atoms in total. The second-order valence-corrected chi connectivity index (χ2v) is 5.27. The number of hydrazone groups is 1. The Morgan fingerprint density at radius 2 is 2.07 bits per heavy atom. The van der Waals surface area contributed by atoms with Crippen LogP contribution < -0.4 is 10.0 Å². The maximum Gasteiger partial charge on any atom is 0.118 e. The van der Waals surface area contributed by atoms with E-state index in [0.29, 0.717) is 0 Å². The van der Waals surface area contributed by atoms with Crippen molar-refractivity contribution in [2.45, 2.75) is 0 Å². The quantitative estimate of drug-likeness (QED) is 0.370. The number of hydrogen-bond donors (Lipinski definition) is 1. The molecule has 5 heteroatoms. The minimum atomic E-state index is -0.832. The molecule has 1 aromatic rings. The van der Waals surface area contributed by atoms with E-state index in [4.69, 9.17) is 4.74 Å². The summed E-state index contributed by atoms with van der Waals surface area (Å²) in [5.74, 6) is 0.826. The van der Waals surface area contributed by atoms with Gasteiger partial charge in [0.05, 0.1) is 7.11 Å². The zero-order valence-electron chi connectivity index (χ0n) is 8.50. The van der Waals surface area contributed by atoms with Crippen LogP contribution in [0.25, 0.3) is 0 Å². The molecule has 0 bridgehead atoms. The summed E-state index contributed by atoms with van der Waals surface area (Å²) in [7, 11) is 0.807. The average Bonchev–Trinajstić information content (AvgIpc) is 2.30. The zero-order valence-corrected chi connectivity index (χ0v) is 10.3. The van der Waals surface area contributed by atoms with E-state index in [1.165, 1.54) is 0 Å². The van der Waals surface area contributed by atoms with Gasteiger partial charge in [0.1, 0.15) is 13.0 Å². The van der Waals surface area contributed by atoms with E-state index in [-0.39, 0.29) is 0 Å². The molecule has 1 atom stereocenters. The lowest BCUT2D eigenvalue weighted by Gasteiger charge is -2.20. The van der Waals surface area contributed by atoms with Gasteiger partial charge in [0.15, 0.2) is 0 Å². The highest BCUT2D eigenvalue weighted by atomic mass is 32.7. The van der Waals surface area contributed by atoms with Crippen LogP contribution in [0.2, 0.25) is 0 Å². The van der Waals surface area contributed by atoms with Crippen molar-refractivity contribution in [1.29, 1.82) is 0 Å². The second-order valence-electron chi connectivity index (χ2n) is 2.63. The molecule has 0 saturated carbocycles. The van der Waals surface area contributed by atoms with Crippen molar-refractivity contribution in [3.63, 3.8) is 0 Å². The monoisotopic (exact) mass is 240 g/mol. The Kier molecular flexibility index (Phi) is 4.66. The van der Waals surface area contributed by atoms with Gasteiger partial charge in [0, 0.05) is 18.2 Å². The number of ether oxygens (including phenoxy) is 1. The first-order valence-corrected chi connectivity index (χ1v) is 6.69. The lowest BCUT2D eigenvalue weighted by Crippen LogP contribution is -2.08. The maximum atomic E-state index is 5.07. The van der Waals surface area contributed by atoms with Gasteiger partial charge in [-0.05, 0) is 24.3 Å². The van der Waals surface area contributed by atoms with E-state index in [2.05, 4.69) is 30.6 Å². The van der Waals surface area contributed by atoms with Crippen molar-refractivity contribution >= 4 is 31.5 Å². The Balaban J connectivity index is 2.85. The van der Waals surface area contributed by atoms with Crippen LogP contribution in [0.5, 0.6) is 5.75 Å². The highest BCUT2D eigenvalue weighted by molar-refractivity contribution is 8.47. The van der Waals surface area contributed by atoms with E-state index in [9.17, 15) is 0 Å². The largest absolute Gasteiger partial charge is 0.497 e. The maximum absolute atomic E-state index is 5.07. The van der Waals surface area contributed by atoms with Gasteiger partial charge in [-0.1, -0.05) is 6.58 Å². The van der Waals surface area contributed by atoms with Crippen LogP contribution in [-0.2, 0) is 0 Å². The normalized spacial score (nSPS) is 11.6. The van der Waals surface area contributed by atoms with E-state index in [0.717, 1.165) is 11.1 Å². The van der Waals surface area contributed by atoms with Crippen LogP contribution in [-0.4, -0.2) is 18.6 Å². The van der Waals surface area contributed by atoms with Gasteiger partial charge in [-0.2, -0.15) is 5.10 Å². The smallest absolute Gasteiger partial charge is 0.118 e. The third-order valence-electron chi connectivity index (χ3n) is 1.81. The van der Waals surface area contributed by atoms with Gasteiger partial charge >= 0.3 is 0 Å². The third-order valence-corrected chi connectivity index (χ3v) is 4.49. The summed E-state index contributed by atoms with van der Waals surface area (Å²) in [5, 5.41) is 4.88. The fraction of sp³-hybridized carbons (Fsp3) is 0.100. The predicted octanol–water partition coefficient (Wildman–Crippen LogP) is 2.62. The van der Waals surface area contributed by atoms with Crippen LogP contribution in [0.3, 0.4) is 0 Å². The van der Waals surface area contributed by atoms with Crippen molar-refractivity contribution < 1.29 is 4.74 Å². The van der Waals surface area contributed by atoms with Crippen LogP contribution in [0, 0.1) is 0 Å². The Labute approximate surface area is 96.4 Å². The van der Waals surface area contributed by atoms with Crippen molar-refractivity contribution in [2.75, 3.05) is 7.11 Å². The molecule has 0 saturated heterocycles. The summed E-state index contributed by atoms with van der Waals surface area (Å²) in [6.45, 7) is 7.11. The van der Waals surface area contributed by atoms with Gasteiger partial charge < -0.3 is 4.74 Å². The molecule has 0 aromatic heterocycles. The minimum Gasteiger partial charge on any atom is -0.497 e. The first-order chi connectivity index (χ1) is 7.22. The molecule has 0 aliphatic rings. The molecule has 0 spiro atoms. The fourth-order valence-electron chi connectivity index (χ4n) is 1.03. The molecule has 0 N–H and O–H groups in total. The summed E-state index contributed by atoms with van der Waals surface area (Å²) in [6.07, 6.45) is 1.61. The Bertz CT molecular complexity index is 334. The van der Waals surface area contributed by atoms with Crippen LogP contribution in [0.15, 0.2) is 42.1 Å². The summed E-state index contributed by atoms with van der Waals surface area (Å²) in [6, 6.07) is 7.70. The molecule has 0 radical (unpaired) electrons. The van der Waals surface area contributed by atoms with E-state index >= 15 is 0 Å². The molecule has 0 amide bonds. The molecule has 80 valence electrons. The molecule has 0 heterocycles. The molecule has 0 fully saturated rings. The Hall–Kier alpha value is -0.990. The van der Waals surface area contributed by atoms with Crippen molar-refractivity contribution in [1.82, 2.24) is 4.78 Å². The lowest BCUT2D eigenvalue weighted by atomic mass is 10.3. The van der Waals surface area contributed by atoms with Crippen molar-refractivity contribution in [3.8, 4) is 5.75 Å². The Morgan fingerprint density at radius 1 is 1.47 bits per heavy atom. The second kappa shape index (κ2) is 5.79. The zero-order chi connectivity index (χ0) is 11.3. The number of rotatable bonds is 5. The molecular formula is C10H13N2OPS. The average molecular weight is 240 g/mol. The van der Waals surface area contributed by atoms with Crippen LogP contribution in [0.1, 0.15) is 0 Å². The topological polar surface area (TPSA) is 24.8 Å². The molecule has 1 aromatic carbocycles. The first kappa shape index (κ1) is 12.1. The predicted molar refractivity (Wildman–Crippen MR) is 70.1 cm³/mol. The lowest BCUT2D eigenvalue weighted by molar-refractivity contribution is 0.415. The van der Waals surface area contributed by atoms with Crippen molar-refractivity contribution in [2.24, 2.45) is 5.10 Å². The van der Waals surface area contributed by atoms with E-state index < -0.39 is 7.27 Å². The number of methoxy groups -OCH3 is 1. The number of nitrogens with zero attached hydrogens (tertiary/aromatic N) is 2. The number of thiol groups is 1. The fourth-order valence-corrected chi connectivity index (χ4v) is 2.74. The molecular weight excluding hydrogens is 227 g/mol. The van der Waals surface area contributed by atoms with Gasteiger partial charge in [-0.3, -0.25) is 0 Å². The number of benzene rings is 1. The molecule has 15 heavy (non-hydrogen) atoms. The first-order valence-electron chi connectivity index (χ1n) is 4.24. The summed E-state index contributed by atoms with van der Waals surface area (Å²) < 4.78 is 6.71. The summed E-state index contributed by atoms with van der Waals surface area (Å²) in [5.41, 5.74) is 0. The van der Waals surface area contributed by atoms with Crippen LogP contribution >= 0.6 is 19.5 Å². The van der Waals surface area contributed by atoms with Gasteiger partial charge in [0.25, 0.3) is 0 Å². The highest BCUT2D eigenvalue weighted by Gasteiger charge is 2.11. The summed E-state index contributed by atoms with van der Waals surface area (Å²) >= 11 is 4.48. The molecule has 1 unspecified atom stereocenters. The van der Waals surface area contributed by atoms with Crippen molar-refractivity contribution in [3.05, 3.63) is 37.0 Å². The standard InChI is InChI=1S/C10H13N2OPS/c1-4-12(11-2)14(15)10-7-5-9(13-3)6-8-10/h4-8,15H,1-2H2,3H3. The van der Waals surface area contributed by atoms with Gasteiger partial charge in [-0.15, -0.1) is 12.2 Å².